The van der Waals surface area contributed by atoms with E-state index in [2.05, 4.69) is 39.6 Å². The highest BCUT2D eigenvalue weighted by Crippen LogP contribution is 2.31. The zero-order chi connectivity index (χ0) is 17.1. The van der Waals surface area contributed by atoms with Crippen molar-refractivity contribution in [3.8, 4) is 0 Å². The summed E-state index contributed by atoms with van der Waals surface area (Å²) in [5.74, 6) is 0.795. The number of nitrogens with one attached hydrogen (secondary N) is 2. The van der Waals surface area contributed by atoms with Gasteiger partial charge in [0.05, 0.1) is 28.3 Å². The molecule has 1 unspecified atom stereocenters. The minimum absolute atomic E-state index is 0.0611. The average Bonchev–Trinajstić information content (AvgIpc) is 3.16. The quantitative estimate of drug-likeness (QED) is 0.870. The molecule has 1 aliphatic heterocycles. The summed E-state index contributed by atoms with van der Waals surface area (Å²) < 4.78 is 0. The van der Waals surface area contributed by atoms with Gasteiger partial charge in [0.25, 0.3) is 0 Å². The lowest BCUT2D eigenvalue weighted by atomic mass is 9.94. The van der Waals surface area contributed by atoms with Crippen LogP contribution in [0.2, 0.25) is 0 Å². The predicted octanol–water partition coefficient (Wildman–Crippen LogP) is 3.33. The summed E-state index contributed by atoms with van der Waals surface area (Å²) in [6.45, 7) is 8.84. The molecule has 6 nitrogen and oxygen atoms in total. The molecule has 3 heterocycles. The lowest BCUT2D eigenvalue weighted by Crippen LogP contribution is -2.34. The van der Waals surface area contributed by atoms with Crippen molar-refractivity contribution in [1.82, 2.24) is 20.1 Å². The molecule has 2 aromatic heterocycles. The second-order valence-electron chi connectivity index (χ2n) is 6.78. The van der Waals surface area contributed by atoms with Crippen LogP contribution in [-0.4, -0.2) is 39.1 Å². The third-order valence-corrected chi connectivity index (χ3v) is 5.54. The molecule has 2 N–H and O–H groups in total. The Morgan fingerprint density at radius 3 is 3.08 bits per heavy atom. The van der Waals surface area contributed by atoms with Crippen LogP contribution in [0.25, 0.3) is 0 Å². The van der Waals surface area contributed by atoms with E-state index in [0.717, 1.165) is 49.6 Å². The van der Waals surface area contributed by atoms with Gasteiger partial charge in [-0.25, -0.2) is 4.98 Å². The number of anilines is 1. The van der Waals surface area contributed by atoms with E-state index < -0.39 is 0 Å². The van der Waals surface area contributed by atoms with E-state index in [4.69, 9.17) is 4.98 Å². The molecule has 0 bridgehead atoms. The van der Waals surface area contributed by atoms with Crippen LogP contribution in [-0.2, 0) is 11.3 Å². The molecular weight excluding hydrogens is 322 g/mol. The number of thiazole rings is 1. The van der Waals surface area contributed by atoms with E-state index in [-0.39, 0.29) is 5.91 Å². The minimum atomic E-state index is -0.0611. The van der Waals surface area contributed by atoms with Crippen molar-refractivity contribution in [2.75, 3.05) is 18.4 Å². The first-order valence-corrected chi connectivity index (χ1v) is 9.38. The van der Waals surface area contributed by atoms with E-state index in [0.29, 0.717) is 11.8 Å². The standard InChI is InChI=1S/C17H25N5OS/c1-11(2)17-20-14(10-24-17)9-22-6-4-5-13(8-22)16-15(7-18-21-16)19-12(3)23/h7,10-11,13H,4-6,8-9H2,1-3H3,(H,18,21)(H,19,23). The van der Waals surface area contributed by atoms with Gasteiger partial charge in [-0.2, -0.15) is 5.10 Å². The Balaban J connectivity index is 1.66. The van der Waals surface area contributed by atoms with E-state index in [1.165, 1.54) is 11.9 Å². The fraction of sp³-hybridized carbons (Fsp3) is 0.588. The molecule has 1 aliphatic rings. The number of H-pyrrole nitrogens is 1. The topological polar surface area (TPSA) is 73.9 Å². The van der Waals surface area contributed by atoms with Crippen LogP contribution >= 0.6 is 11.3 Å². The number of carbonyl (C=O) groups is 1. The molecule has 0 saturated carbocycles. The van der Waals surface area contributed by atoms with Gasteiger partial charge in [-0.05, 0) is 19.4 Å². The first kappa shape index (κ1) is 17.1. The Kier molecular flexibility index (Phi) is 5.30. The highest BCUT2D eigenvalue weighted by molar-refractivity contribution is 7.09. The van der Waals surface area contributed by atoms with E-state index in [9.17, 15) is 4.79 Å². The summed E-state index contributed by atoms with van der Waals surface area (Å²) in [7, 11) is 0. The zero-order valence-corrected chi connectivity index (χ0v) is 15.3. The molecule has 2 aromatic rings. The Morgan fingerprint density at radius 1 is 1.54 bits per heavy atom. The van der Waals surface area contributed by atoms with Crippen molar-refractivity contribution in [3.63, 3.8) is 0 Å². The Labute approximate surface area is 146 Å². The third kappa shape index (κ3) is 4.02. The lowest BCUT2D eigenvalue weighted by molar-refractivity contribution is -0.114. The number of carbonyl (C=O) groups excluding carboxylic acids is 1. The van der Waals surface area contributed by atoms with Crippen molar-refractivity contribution in [2.45, 2.75) is 52.0 Å². The number of piperidine rings is 1. The third-order valence-electron chi connectivity index (χ3n) is 4.34. The monoisotopic (exact) mass is 347 g/mol. The van der Waals surface area contributed by atoms with Crippen LogP contribution in [0.3, 0.4) is 0 Å². The van der Waals surface area contributed by atoms with Crippen molar-refractivity contribution in [2.24, 2.45) is 0 Å². The summed E-state index contributed by atoms with van der Waals surface area (Å²) in [5, 5.41) is 13.4. The van der Waals surface area contributed by atoms with Crippen molar-refractivity contribution in [3.05, 3.63) is 28.0 Å². The van der Waals surface area contributed by atoms with Crippen molar-refractivity contribution < 1.29 is 4.79 Å². The van der Waals surface area contributed by atoms with E-state index in [1.807, 2.05) is 0 Å². The van der Waals surface area contributed by atoms with Crippen LogP contribution in [0.1, 0.15) is 61.8 Å². The SMILES string of the molecule is CC(=O)Nc1cn[nH]c1C1CCCN(Cc2csc(C(C)C)n2)C1. The number of amides is 1. The highest BCUT2D eigenvalue weighted by atomic mass is 32.1. The molecule has 1 saturated heterocycles. The Hall–Kier alpha value is -1.73. The molecule has 0 aromatic carbocycles. The summed E-state index contributed by atoms with van der Waals surface area (Å²) >= 11 is 1.75. The normalized spacial score (nSPS) is 18.9. The molecule has 1 fully saturated rings. The molecule has 1 amide bonds. The maximum Gasteiger partial charge on any atom is 0.221 e. The number of aromatic nitrogens is 3. The maximum absolute atomic E-state index is 11.3. The smallest absolute Gasteiger partial charge is 0.221 e. The van der Waals surface area contributed by atoms with Crippen molar-refractivity contribution >= 4 is 22.9 Å². The fourth-order valence-corrected chi connectivity index (χ4v) is 4.05. The Bertz CT molecular complexity index is 693. The van der Waals surface area contributed by atoms with E-state index >= 15 is 0 Å². The lowest BCUT2D eigenvalue weighted by Gasteiger charge is -2.32. The van der Waals surface area contributed by atoms with Gasteiger partial charge >= 0.3 is 0 Å². The first-order chi connectivity index (χ1) is 11.5. The fourth-order valence-electron chi connectivity index (χ4n) is 3.22. The average molecular weight is 347 g/mol. The molecule has 130 valence electrons. The number of aromatic amines is 1. The summed E-state index contributed by atoms with van der Waals surface area (Å²) in [4.78, 5) is 18.5. The predicted molar refractivity (Wildman–Crippen MR) is 96.3 cm³/mol. The van der Waals surface area contributed by atoms with Crippen LogP contribution < -0.4 is 5.32 Å². The highest BCUT2D eigenvalue weighted by Gasteiger charge is 2.25. The maximum atomic E-state index is 11.3. The Morgan fingerprint density at radius 2 is 2.38 bits per heavy atom. The van der Waals surface area contributed by atoms with Crippen LogP contribution in [0.15, 0.2) is 11.6 Å². The summed E-state index contributed by atoms with van der Waals surface area (Å²) in [6, 6.07) is 0. The molecule has 0 radical (unpaired) electrons. The summed E-state index contributed by atoms with van der Waals surface area (Å²) in [5.41, 5.74) is 3.01. The van der Waals surface area contributed by atoms with Gasteiger partial charge in [0, 0.05) is 37.2 Å². The number of nitrogens with zero attached hydrogens (tertiary/aromatic N) is 3. The second-order valence-corrected chi connectivity index (χ2v) is 7.67. The number of likely N-dealkylation sites (tertiary alicyclic amines) is 1. The van der Waals surface area contributed by atoms with Gasteiger partial charge in [-0.15, -0.1) is 11.3 Å². The van der Waals surface area contributed by atoms with Crippen molar-refractivity contribution in [1.29, 1.82) is 0 Å². The van der Waals surface area contributed by atoms with Gasteiger partial charge < -0.3 is 5.32 Å². The second kappa shape index (κ2) is 7.44. The van der Waals surface area contributed by atoms with Gasteiger partial charge in [0.15, 0.2) is 0 Å². The molecule has 0 spiro atoms. The first-order valence-electron chi connectivity index (χ1n) is 8.50. The largest absolute Gasteiger partial charge is 0.323 e. The van der Waals surface area contributed by atoms with Gasteiger partial charge in [0.1, 0.15) is 0 Å². The molecule has 7 heteroatoms. The molecular formula is C17H25N5OS. The van der Waals surface area contributed by atoms with Gasteiger partial charge in [-0.1, -0.05) is 13.8 Å². The molecule has 1 atom stereocenters. The van der Waals surface area contributed by atoms with Crippen LogP contribution in [0.5, 0.6) is 0 Å². The van der Waals surface area contributed by atoms with E-state index in [1.54, 1.807) is 17.5 Å². The van der Waals surface area contributed by atoms with Crippen LogP contribution in [0, 0.1) is 0 Å². The van der Waals surface area contributed by atoms with Crippen LogP contribution in [0.4, 0.5) is 5.69 Å². The number of hydrogen-bond donors (Lipinski definition) is 2. The molecule has 24 heavy (non-hydrogen) atoms. The van der Waals surface area contributed by atoms with Gasteiger partial charge in [0.2, 0.25) is 5.91 Å². The number of rotatable bonds is 5. The van der Waals surface area contributed by atoms with Gasteiger partial charge in [-0.3, -0.25) is 14.8 Å². The molecule has 3 rings (SSSR count). The minimum Gasteiger partial charge on any atom is -0.323 e. The zero-order valence-electron chi connectivity index (χ0n) is 14.5. The number of hydrogen-bond acceptors (Lipinski definition) is 5. The molecule has 0 aliphatic carbocycles. The summed E-state index contributed by atoms with van der Waals surface area (Å²) in [6.07, 6.45) is 3.95.